The lowest BCUT2D eigenvalue weighted by Crippen LogP contribution is -3.21. The third-order valence-corrected chi connectivity index (χ3v) is 6.44. The average molecular weight is 386 g/mol. The highest BCUT2D eigenvalue weighted by Gasteiger charge is 2.32. The SMILES string of the molecule is COc1ccccc1N1CC[NH+](C2CC[NH+](Cc3cccc(F)c3)CC2)CC1. The van der Waals surface area contributed by atoms with E-state index in [0.29, 0.717) is 0 Å². The maximum Gasteiger partial charge on any atom is 0.142 e. The van der Waals surface area contributed by atoms with Crippen LogP contribution in [0.3, 0.4) is 0 Å². The van der Waals surface area contributed by atoms with Crippen LogP contribution in [0.1, 0.15) is 18.4 Å². The maximum atomic E-state index is 13.4. The Morgan fingerprint density at radius 2 is 1.75 bits per heavy atom. The first-order valence-electron chi connectivity index (χ1n) is 10.5. The van der Waals surface area contributed by atoms with E-state index < -0.39 is 0 Å². The molecule has 2 aliphatic heterocycles. The Labute approximate surface area is 167 Å². The van der Waals surface area contributed by atoms with Crippen molar-refractivity contribution in [3.63, 3.8) is 0 Å². The van der Waals surface area contributed by atoms with Crippen molar-refractivity contribution in [3.8, 4) is 5.75 Å². The average Bonchev–Trinajstić information content (AvgIpc) is 2.74. The van der Waals surface area contributed by atoms with Crippen LogP contribution in [0, 0.1) is 5.82 Å². The van der Waals surface area contributed by atoms with Gasteiger partial charge in [-0.05, 0) is 24.3 Å². The van der Waals surface area contributed by atoms with E-state index in [0.717, 1.165) is 37.0 Å². The van der Waals surface area contributed by atoms with Gasteiger partial charge < -0.3 is 19.4 Å². The van der Waals surface area contributed by atoms with Crippen molar-refractivity contribution >= 4 is 5.69 Å². The predicted molar refractivity (Wildman–Crippen MR) is 110 cm³/mol. The minimum absolute atomic E-state index is 0.121. The van der Waals surface area contributed by atoms with Gasteiger partial charge in [0.1, 0.15) is 18.1 Å². The Morgan fingerprint density at radius 3 is 2.46 bits per heavy atom. The number of ether oxygens (including phenoxy) is 1. The third-order valence-electron chi connectivity index (χ3n) is 6.44. The molecule has 0 atom stereocenters. The number of likely N-dealkylation sites (tertiary alicyclic amines) is 1. The van der Waals surface area contributed by atoms with Gasteiger partial charge in [0.2, 0.25) is 0 Å². The molecule has 5 heteroatoms. The van der Waals surface area contributed by atoms with Crippen molar-refractivity contribution in [2.45, 2.75) is 25.4 Å². The second kappa shape index (κ2) is 8.93. The lowest BCUT2D eigenvalue weighted by Gasteiger charge is -2.40. The number of nitrogens with one attached hydrogen (secondary N) is 2. The van der Waals surface area contributed by atoms with Gasteiger partial charge in [-0.15, -0.1) is 0 Å². The summed E-state index contributed by atoms with van der Waals surface area (Å²) in [6, 6.07) is 16.2. The molecule has 0 amide bonds. The summed E-state index contributed by atoms with van der Waals surface area (Å²) < 4.78 is 18.9. The molecule has 2 aliphatic rings. The summed E-state index contributed by atoms with van der Waals surface area (Å²) in [5.41, 5.74) is 2.34. The van der Waals surface area contributed by atoms with E-state index in [-0.39, 0.29) is 5.82 Å². The van der Waals surface area contributed by atoms with E-state index >= 15 is 0 Å². The minimum atomic E-state index is -0.121. The quantitative estimate of drug-likeness (QED) is 0.794. The monoisotopic (exact) mass is 385 g/mol. The van der Waals surface area contributed by atoms with Gasteiger partial charge in [0.15, 0.2) is 0 Å². The number of hydrogen-bond donors (Lipinski definition) is 2. The molecule has 2 aromatic carbocycles. The van der Waals surface area contributed by atoms with Crippen molar-refractivity contribution in [2.75, 3.05) is 51.3 Å². The third kappa shape index (κ3) is 4.47. The summed E-state index contributed by atoms with van der Waals surface area (Å²) in [6.45, 7) is 7.91. The standard InChI is InChI=1S/C23H30FN3O/c1-28-23-8-3-2-7-22(23)27-15-13-26(14-16-27)21-9-11-25(12-10-21)18-19-5-4-6-20(24)17-19/h2-8,17,21H,9-16,18H2,1H3/p+2. The topological polar surface area (TPSA) is 21.4 Å². The number of benzene rings is 2. The summed E-state index contributed by atoms with van der Waals surface area (Å²) in [7, 11) is 1.75. The van der Waals surface area contributed by atoms with Crippen LogP contribution in [-0.2, 0) is 6.54 Å². The van der Waals surface area contributed by atoms with Gasteiger partial charge in [0.05, 0.1) is 58.1 Å². The van der Waals surface area contributed by atoms with Crippen LogP contribution < -0.4 is 19.4 Å². The van der Waals surface area contributed by atoms with Crippen molar-refractivity contribution in [1.82, 2.24) is 0 Å². The number of halogens is 1. The van der Waals surface area contributed by atoms with Crippen LogP contribution in [-0.4, -0.2) is 52.4 Å². The zero-order valence-corrected chi connectivity index (χ0v) is 16.8. The van der Waals surface area contributed by atoms with Gasteiger partial charge in [-0.2, -0.15) is 0 Å². The molecule has 2 aromatic rings. The molecule has 0 saturated carbocycles. The maximum absolute atomic E-state index is 13.4. The lowest BCUT2D eigenvalue weighted by atomic mass is 10.0. The van der Waals surface area contributed by atoms with Gasteiger partial charge >= 0.3 is 0 Å². The van der Waals surface area contributed by atoms with Gasteiger partial charge in [-0.1, -0.05) is 24.3 Å². The van der Waals surface area contributed by atoms with E-state index in [2.05, 4.69) is 17.0 Å². The van der Waals surface area contributed by atoms with Crippen LogP contribution in [0.25, 0.3) is 0 Å². The summed E-state index contributed by atoms with van der Waals surface area (Å²) >= 11 is 0. The molecule has 2 saturated heterocycles. The zero-order valence-electron chi connectivity index (χ0n) is 16.8. The molecular formula is C23H32FN3O+2. The van der Waals surface area contributed by atoms with E-state index in [1.54, 1.807) is 23.0 Å². The molecule has 4 nitrogen and oxygen atoms in total. The molecule has 0 bridgehead atoms. The minimum Gasteiger partial charge on any atom is -0.495 e. The van der Waals surface area contributed by atoms with Crippen LogP contribution in [0.15, 0.2) is 48.5 Å². The number of nitrogens with zero attached hydrogens (tertiary/aromatic N) is 1. The normalized spacial score (nSPS) is 23.6. The number of anilines is 1. The summed E-state index contributed by atoms with van der Waals surface area (Å²) in [6.07, 6.45) is 2.54. The number of methoxy groups -OCH3 is 1. The number of rotatable bonds is 5. The second-order valence-electron chi connectivity index (χ2n) is 8.15. The number of hydrogen-bond acceptors (Lipinski definition) is 2. The molecule has 2 fully saturated rings. The molecule has 2 N–H and O–H groups in total. The molecule has 2 heterocycles. The van der Waals surface area contributed by atoms with Gasteiger partial charge in [0, 0.05) is 18.4 Å². The molecule has 0 aliphatic carbocycles. The highest BCUT2D eigenvalue weighted by Crippen LogP contribution is 2.27. The number of para-hydroxylation sites is 2. The Kier molecular flexibility index (Phi) is 6.13. The fourth-order valence-electron chi connectivity index (χ4n) is 4.88. The first kappa shape index (κ1) is 19.2. The van der Waals surface area contributed by atoms with Crippen LogP contribution in [0.4, 0.5) is 10.1 Å². The van der Waals surface area contributed by atoms with E-state index in [1.165, 1.54) is 50.8 Å². The summed E-state index contributed by atoms with van der Waals surface area (Å²) in [5.74, 6) is 0.851. The molecule has 150 valence electrons. The molecule has 28 heavy (non-hydrogen) atoms. The first-order valence-corrected chi connectivity index (χ1v) is 10.5. The highest BCUT2D eigenvalue weighted by atomic mass is 19.1. The van der Waals surface area contributed by atoms with Crippen molar-refractivity contribution in [1.29, 1.82) is 0 Å². The van der Waals surface area contributed by atoms with E-state index in [1.807, 2.05) is 24.3 Å². The van der Waals surface area contributed by atoms with Crippen LogP contribution >= 0.6 is 0 Å². The van der Waals surface area contributed by atoms with E-state index in [9.17, 15) is 4.39 Å². The van der Waals surface area contributed by atoms with Gasteiger partial charge in [-0.3, -0.25) is 0 Å². The molecule has 0 radical (unpaired) electrons. The fraction of sp³-hybridized carbons (Fsp3) is 0.478. The number of piperidine rings is 1. The molecule has 4 rings (SSSR count). The van der Waals surface area contributed by atoms with Crippen molar-refractivity contribution in [2.24, 2.45) is 0 Å². The zero-order chi connectivity index (χ0) is 19.3. The smallest absolute Gasteiger partial charge is 0.142 e. The molecule has 0 aromatic heterocycles. The largest absolute Gasteiger partial charge is 0.495 e. The number of quaternary nitrogens is 2. The Balaban J connectivity index is 1.26. The van der Waals surface area contributed by atoms with Gasteiger partial charge in [0.25, 0.3) is 0 Å². The van der Waals surface area contributed by atoms with Crippen molar-refractivity contribution in [3.05, 3.63) is 59.9 Å². The van der Waals surface area contributed by atoms with Gasteiger partial charge in [-0.25, -0.2) is 4.39 Å². The molecule has 0 unspecified atom stereocenters. The summed E-state index contributed by atoms with van der Waals surface area (Å²) in [5, 5.41) is 0. The van der Waals surface area contributed by atoms with Crippen molar-refractivity contribution < 1.29 is 18.9 Å². The Bertz CT molecular complexity index is 768. The Morgan fingerprint density at radius 1 is 1.00 bits per heavy atom. The highest BCUT2D eigenvalue weighted by molar-refractivity contribution is 5.58. The van der Waals surface area contributed by atoms with Crippen LogP contribution in [0.5, 0.6) is 5.75 Å². The molecule has 0 spiro atoms. The Hall–Kier alpha value is -2.11. The lowest BCUT2D eigenvalue weighted by molar-refractivity contribution is -0.963. The molecular weight excluding hydrogens is 353 g/mol. The second-order valence-corrected chi connectivity index (χ2v) is 8.15. The summed E-state index contributed by atoms with van der Waals surface area (Å²) in [4.78, 5) is 5.82. The van der Waals surface area contributed by atoms with Crippen LogP contribution in [0.2, 0.25) is 0 Å². The van der Waals surface area contributed by atoms with E-state index in [4.69, 9.17) is 4.74 Å². The number of piperazine rings is 1. The predicted octanol–water partition coefficient (Wildman–Crippen LogP) is 0.787. The first-order chi connectivity index (χ1) is 13.7. The fourth-order valence-corrected chi connectivity index (χ4v) is 4.88.